The second-order valence-electron chi connectivity index (χ2n) is 6.57. The number of aliphatic carboxylic acids is 1. The molecule has 0 amide bonds. The zero-order valence-corrected chi connectivity index (χ0v) is 17.5. The maximum absolute atomic E-state index is 11.0. The molecule has 2 aromatic rings. The van der Waals surface area contributed by atoms with Gasteiger partial charge in [0.2, 0.25) is 0 Å². The molecular weight excluding hydrogens is 407 g/mol. The Bertz CT molecular complexity index is 713. The third-order valence-corrected chi connectivity index (χ3v) is 5.05. The predicted molar refractivity (Wildman–Crippen MR) is 114 cm³/mol. The first-order valence-corrected chi connectivity index (χ1v) is 8.92. The molecule has 1 unspecified atom stereocenters. The Morgan fingerprint density at radius 2 is 1.67 bits per heavy atom. The van der Waals surface area contributed by atoms with Crippen LogP contribution < -0.4 is 0 Å². The summed E-state index contributed by atoms with van der Waals surface area (Å²) in [5, 5.41) is 9.80. The Labute approximate surface area is 177 Å². The molecule has 1 heterocycles. The average molecular weight is 432 g/mol. The van der Waals surface area contributed by atoms with Gasteiger partial charge in [0.15, 0.2) is 0 Å². The molecule has 1 aliphatic heterocycles. The Kier molecular flexibility index (Phi) is 9.57. The first-order valence-electron chi connectivity index (χ1n) is 8.55. The highest BCUT2D eigenvalue weighted by Gasteiger charge is 2.30. The molecule has 0 spiro atoms. The largest absolute Gasteiger partial charge is 0.480 e. The van der Waals surface area contributed by atoms with Crippen molar-refractivity contribution in [2.24, 2.45) is 0 Å². The van der Waals surface area contributed by atoms with Crippen molar-refractivity contribution in [2.75, 3.05) is 26.2 Å². The number of carbonyl (C=O) groups is 1. The lowest BCUT2D eigenvalue weighted by molar-refractivity contribution is -0.139. The predicted octanol–water partition coefficient (Wildman–Crippen LogP) is 4.36. The summed E-state index contributed by atoms with van der Waals surface area (Å²) >= 11 is 6.06. The third-order valence-electron chi connectivity index (χ3n) is 4.80. The van der Waals surface area contributed by atoms with E-state index in [1.807, 2.05) is 23.1 Å². The smallest absolute Gasteiger partial charge is 0.317 e. The van der Waals surface area contributed by atoms with Crippen molar-refractivity contribution in [3.05, 3.63) is 70.7 Å². The molecule has 1 aliphatic rings. The molecule has 0 bridgehead atoms. The van der Waals surface area contributed by atoms with Gasteiger partial charge in [-0.15, -0.1) is 24.8 Å². The summed E-state index contributed by atoms with van der Waals surface area (Å²) in [7, 11) is 0. The van der Waals surface area contributed by atoms with Crippen molar-refractivity contribution in [2.45, 2.75) is 19.0 Å². The van der Waals surface area contributed by atoms with Gasteiger partial charge in [0.1, 0.15) is 0 Å². The summed E-state index contributed by atoms with van der Waals surface area (Å²) in [5.41, 5.74) is 2.44. The molecule has 0 radical (unpaired) electrons. The van der Waals surface area contributed by atoms with Crippen LogP contribution in [0.1, 0.15) is 24.1 Å². The summed E-state index contributed by atoms with van der Waals surface area (Å²) in [6.45, 7) is 4.62. The molecular formula is C20H25Cl3N2O2. The topological polar surface area (TPSA) is 43.8 Å². The van der Waals surface area contributed by atoms with Gasteiger partial charge in [-0.1, -0.05) is 54.1 Å². The zero-order chi connectivity index (χ0) is 17.8. The van der Waals surface area contributed by atoms with Crippen LogP contribution in [0.4, 0.5) is 0 Å². The number of carboxylic acids is 1. The van der Waals surface area contributed by atoms with Crippen LogP contribution in [0, 0.1) is 0 Å². The van der Waals surface area contributed by atoms with Gasteiger partial charge < -0.3 is 5.11 Å². The lowest BCUT2D eigenvalue weighted by Crippen LogP contribution is -2.54. The first kappa shape index (κ1) is 23.7. The summed E-state index contributed by atoms with van der Waals surface area (Å²) in [6.07, 6.45) is 0. The minimum absolute atomic E-state index is 0. The second kappa shape index (κ2) is 10.9. The summed E-state index contributed by atoms with van der Waals surface area (Å²) < 4.78 is 0. The number of halogens is 3. The maximum Gasteiger partial charge on any atom is 0.317 e. The maximum atomic E-state index is 11.0. The Balaban J connectivity index is 0.00000182. The molecule has 2 atom stereocenters. The van der Waals surface area contributed by atoms with E-state index in [0.29, 0.717) is 0 Å². The molecule has 1 fully saturated rings. The van der Waals surface area contributed by atoms with Gasteiger partial charge in [-0.25, -0.2) is 0 Å². The number of benzene rings is 2. The van der Waals surface area contributed by atoms with Gasteiger partial charge in [0.25, 0.3) is 0 Å². The van der Waals surface area contributed by atoms with Gasteiger partial charge in [0, 0.05) is 30.7 Å². The zero-order valence-electron chi connectivity index (χ0n) is 15.1. The van der Waals surface area contributed by atoms with E-state index in [1.165, 1.54) is 11.1 Å². The summed E-state index contributed by atoms with van der Waals surface area (Å²) in [6, 6.07) is 18.8. The molecule has 148 valence electrons. The molecule has 1 N–H and O–H groups in total. The number of piperazine rings is 1. The highest BCUT2D eigenvalue weighted by atomic mass is 35.5. The van der Waals surface area contributed by atoms with Crippen LogP contribution in [-0.4, -0.2) is 53.1 Å². The number of rotatable bonds is 5. The molecule has 7 heteroatoms. The Morgan fingerprint density at radius 1 is 1.07 bits per heavy atom. The van der Waals surface area contributed by atoms with Crippen LogP contribution in [0.2, 0.25) is 5.02 Å². The van der Waals surface area contributed by atoms with Gasteiger partial charge in [-0.05, 0) is 30.2 Å². The van der Waals surface area contributed by atoms with E-state index in [4.69, 9.17) is 16.7 Å². The molecule has 0 aliphatic carbocycles. The molecule has 0 aromatic heterocycles. The average Bonchev–Trinajstić information content (AvgIpc) is 2.60. The minimum Gasteiger partial charge on any atom is -0.480 e. The monoisotopic (exact) mass is 430 g/mol. The van der Waals surface area contributed by atoms with Crippen molar-refractivity contribution in [1.29, 1.82) is 0 Å². The number of carboxylic acid groups (broad SMARTS) is 1. The van der Waals surface area contributed by atoms with Crippen LogP contribution in [0.15, 0.2) is 54.6 Å². The van der Waals surface area contributed by atoms with Crippen LogP contribution in [0.3, 0.4) is 0 Å². The van der Waals surface area contributed by atoms with E-state index in [-0.39, 0.29) is 43.4 Å². The van der Waals surface area contributed by atoms with Crippen LogP contribution in [-0.2, 0) is 4.79 Å². The van der Waals surface area contributed by atoms with Gasteiger partial charge >= 0.3 is 5.97 Å². The van der Waals surface area contributed by atoms with Crippen LogP contribution in [0.5, 0.6) is 0 Å². The molecule has 27 heavy (non-hydrogen) atoms. The molecule has 2 aromatic carbocycles. The van der Waals surface area contributed by atoms with Gasteiger partial charge in [-0.3, -0.25) is 14.6 Å². The third kappa shape index (κ3) is 6.09. The van der Waals surface area contributed by atoms with E-state index in [1.54, 1.807) is 0 Å². The first-order chi connectivity index (χ1) is 12.0. The van der Waals surface area contributed by atoms with Crippen molar-refractivity contribution in [1.82, 2.24) is 9.80 Å². The number of hydrogen-bond acceptors (Lipinski definition) is 3. The minimum atomic E-state index is -0.766. The van der Waals surface area contributed by atoms with Crippen molar-refractivity contribution in [3.63, 3.8) is 0 Å². The van der Waals surface area contributed by atoms with E-state index in [0.717, 1.165) is 24.7 Å². The fourth-order valence-corrected chi connectivity index (χ4v) is 3.69. The van der Waals surface area contributed by atoms with Crippen molar-refractivity contribution in [3.8, 4) is 0 Å². The highest BCUT2D eigenvalue weighted by Crippen LogP contribution is 2.31. The normalized spacial score (nSPS) is 18.8. The fourth-order valence-electron chi connectivity index (χ4n) is 3.56. The molecule has 4 nitrogen and oxygen atoms in total. The quantitative estimate of drug-likeness (QED) is 0.764. The molecule has 0 saturated carbocycles. The van der Waals surface area contributed by atoms with Crippen molar-refractivity contribution >= 4 is 42.4 Å². The second-order valence-corrected chi connectivity index (χ2v) is 7.01. The van der Waals surface area contributed by atoms with E-state index >= 15 is 0 Å². The standard InChI is InChI=1S/C20H23ClN2O2.2ClH/c1-15-13-23(12-11-22(15)14-19(24)25)20(16-5-3-2-4-6-16)17-7-9-18(21)10-8-17;;/h2-10,15,20H,11-14H2,1H3,(H,24,25);2*1H/t15-,20?;;/m1../s1. The summed E-state index contributed by atoms with van der Waals surface area (Å²) in [5.74, 6) is -0.766. The van der Waals surface area contributed by atoms with Gasteiger partial charge in [0.05, 0.1) is 12.6 Å². The SMILES string of the molecule is C[C@@H]1CN(C(c2ccccc2)c2ccc(Cl)cc2)CCN1CC(=O)O.Cl.Cl. The number of nitrogens with zero attached hydrogens (tertiary/aromatic N) is 2. The van der Waals surface area contributed by atoms with Gasteiger partial charge in [-0.2, -0.15) is 0 Å². The summed E-state index contributed by atoms with van der Waals surface area (Å²) in [4.78, 5) is 15.5. The lowest BCUT2D eigenvalue weighted by atomic mass is 9.95. The van der Waals surface area contributed by atoms with E-state index in [2.05, 4.69) is 48.2 Å². The highest BCUT2D eigenvalue weighted by molar-refractivity contribution is 6.30. The fraction of sp³-hybridized carbons (Fsp3) is 0.350. The number of hydrogen-bond donors (Lipinski definition) is 1. The van der Waals surface area contributed by atoms with Crippen LogP contribution in [0.25, 0.3) is 0 Å². The Hall–Kier alpha value is -1.30. The van der Waals surface area contributed by atoms with E-state index in [9.17, 15) is 4.79 Å². The molecule has 3 rings (SSSR count). The van der Waals surface area contributed by atoms with E-state index < -0.39 is 5.97 Å². The Morgan fingerprint density at radius 3 is 2.22 bits per heavy atom. The van der Waals surface area contributed by atoms with Crippen molar-refractivity contribution < 1.29 is 9.90 Å². The van der Waals surface area contributed by atoms with Crippen LogP contribution >= 0.6 is 36.4 Å². The molecule has 1 saturated heterocycles. The lowest BCUT2D eigenvalue weighted by Gasteiger charge is -2.43.